The largest absolute Gasteiger partial charge is 0.362 e. The summed E-state index contributed by atoms with van der Waals surface area (Å²) in [4.78, 5) is 53.3. The van der Waals surface area contributed by atoms with Crippen LogP contribution in [0.2, 0.25) is 0 Å². The summed E-state index contributed by atoms with van der Waals surface area (Å²) in [5, 5.41) is 14.1. The first-order valence-electron chi connectivity index (χ1n) is 10.8. The van der Waals surface area contributed by atoms with Gasteiger partial charge in [-0.15, -0.1) is 0 Å². The number of benzene rings is 1. The summed E-state index contributed by atoms with van der Waals surface area (Å²) in [6.07, 6.45) is 3.95. The summed E-state index contributed by atoms with van der Waals surface area (Å²) in [5.74, 6) is -0.176. The second kappa shape index (κ2) is 8.52. The lowest BCUT2D eigenvalue weighted by molar-refractivity contribution is -0.384. The van der Waals surface area contributed by atoms with E-state index < -0.39 is 10.5 Å². The second-order valence-corrected chi connectivity index (χ2v) is 8.39. The highest BCUT2D eigenvalue weighted by Gasteiger charge is 2.52. The minimum Gasteiger partial charge on any atom is -0.362 e. The quantitative estimate of drug-likeness (QED) is 0.419. The summed E-state index contributed by atoms with van der Waals surface area (Å²) < 4.78 is 0. The minimum absolute atomic E-state index is 0.0233. The third-order valence-electron chi connectivity index (χ3n) is 6.53. The fourth-order valence-corrected chi connectivity index (χ4v) is 4.83. The molecule has 1 saturated carbocycles. The fraction of sp³-hybridized carbons (Fsp3) is 0.571. The first kappa shape index (κ1) is 21.1. The van der Waals surface area contributed by atoms with Gasteiger partial charge in [0, 0.05) is 45.2 Å². The minimum atomic E-state index is -0.711. The molecule has 31 heavy (non-hydrogen) atoms. The van der Waals surface area contributed by atoms with Gasteiger partial charge in [0.25, 0.3) is 11.6 Å². The van der Waals surface area contributed by atoms with Gasteiger partial charge in [-0.1, -0.05) is 25.0 Å². The van der Waals surface area contributed by atoms with Crippen LogP contribution in [0.5, 0.6) is 0 Å². The Bertz CT molecular complexity index is 890. The number of imide groups is 1. The van der Waals surface area contributed by atoms with Gasteiger partial charge < -0.3 is 15.1 Å². The van der Waals surface area contributed by atoms with E-state index in [1.807, 2.05) is 4.90 Å². The van der Waals surface area contributed by atoms with Crippen molar-refractivity contribution in [3.63, 3.8) is 0 Å². The summed E-state index contributed by atoms with van der Waals surface area (Å²) in [7, 11) is 0. The summed E-state index contributed by atoms with van der Waals surface area (Å²) in [6.45, 7) is 2.25. The molecule has 1 N–H and O–H groups in total. The average molecular weight is 429 g/mol. The molecule has 1 spiro atoms. The number of rotatable bonds is 6. The molecule has 10 nitrogen and oxygen atoms in total. The predicted molar refractivity (Wildman–Crippen MR) is 113 cm³/mol. The van der Waals surface area contributed by atoms with Crippen molar-refractivity contribution in [2.45, 2.75) is 44.1 Å². The van der Waals surface area contributed by atoms with Gasteiger partial charge in [0.1, 0.15) is 11.2 Å². The molecule has 2 aliphatic heterocycles. The van der Waals surface area contributed by atoms with Crippen molar-refractivity contribution >= 4 is 29.2 Å². The number of nitrogens with zero attached hydrogens (tertiary/aromatic N) is 4. The molecule has 166 valence electrons. The molecule has 2 heterocycles. The van der Waals surface area contributed by atoms with Crippen LogP contribution in [-0.2, 0) is 9.59 Å². The number of para-hydroxylation sites is 2. The number of nitro groups is 1. The van der Waals surface area contributed by atoms with E-state index in [9.17, 15) is 24.5 Å². The normalized spacial score (nSPS) is 20.5. The van der Waals surface area contributed by atoms with E-state index in [-0.39, 0.29) is 36.5 Å². The number of carbonyl (C=O) groups is 3. The van der Waals surface area contributed by atoms with E-state index in [0.717, 1.165) is 12.8 Å². The average Bonchev–Trinajstić information content (AvgIpc) is 3.34. The summed E-state index contributed by atoms with van der Waals surface area (Å²) in [6, 6.07) is 6.27. The fourth-order valence-electron chi connectivity index (χ4n) is 4.83. The van der Waals surface area contributed by atoms with Crippen LogP contribution < -0.4 is 10.2 Å². The highest BCUT2D eigenvalue weighted by molar-refractivity contribution is 6.07. The zero-order valence-corrected chi connectivity index (χ0v) is 17.4. The Balaban J connectivity index is 1.25. The second-order valence-electron chi connectivity index (χ2n) is 8.39. The Labute approximate surface area is 180 Å². The first-order valence-corrected chi connectivity index (χ1v) is 10.8. The molecule has 1 aromatic rings. The van der Waals surface area contributed by atoms with Crippen LogP contribution in [0.4, 0.5) is 16.2 Å². The van der Waals surface area contributed by atoms with Crippen molar-refractivity contribution in [2.75, 3.05) is 37.6 Å². The smallest absolute Gasteiger partial charge is 0.325 e. The predicted octanol–water partition coefficient (Wildman–Crippen LogP) is 1.89. The van der Waals surface area contributed by atoms with Gasteiger partial charge in [0.2, 0.25) is 5.91 Å². The van der Waals surface area contributed by atoms with Crippen LogP contribution in [0.3, 0.4) is 0 Å². The maximum absolute atomic E-state index is 12.7. The Morgan fingerprint density at radius 3 is 2.45 bits per heavy atom. The number of nitrogens with one attached hydrogen (secondary N) is 1. The number of urea groups is 1. The lowest BCUT2D eigenvalue weighted by Gasteiger charge is -2.36. The van der Waals surface area contributed by atoms with E-state index in [4.69, 9.17) is 0 Å². The number of anilines is 1. The monoisotopic (exact) mass is 429 g/mol. The molecular formula is C21H27N5O5. The van der Waals surface area contributed by atoms with E-state index in [1.165, 1.54) is 11.0 Å². The van der Waals surface area contributed by atoms with E-state index in [1.54, 1.807) is 23.1 Å². The molecule has 0 unspecified atom stereocenters. The molecule has 1 aromatic carbocycles. The van der Waals surface area contributed by atoms with E-state index >= 15 is 0 Å². The van der Waals surface area contributed by atoms with Gasteiger partial charge in [-0.05, 0) is 25.3 Å². The maximum Gasteiger partial charge on any atom is 0.325 e. The topological polar surface area (TPSA) is 116 Å². The standard InChI is InChI=1S/C21H27N5O5/c27-18(8-5-11-25-19(28)21(22-20(25)29)9-3-4-10-21)24-14-12-23(13-15-24)16-6-1-2-7-17(16)26(30)31/h1-2,6-7H,3-5,8-15H2,(H,22,29). The number of hydrogen-bond acceptors (Lipinski definition) is 6. The number of hydrogen-bond donors (Lipinski definition) is 1. The Kier molecular flexibility index (Phi) is 5.79. The van der Waals surface area contributed by atoms with Crippen LogP contribution in [-0.4, -0.2) is 70.8 Å². The van der Waals surface area contributed by atoms with Crippen molar-refractivity contribution in [2.24, 2.45) is 0 Å². The lowest BCUT2D eigenvalue weighted by atomic mass is 9.98. The zero-order valence-electron chi connectivity index (χ0n) is 17.4. The maximum atomic E-state index is 12.7. The molecule has 0 atom stereocenters. The molecule has 3 fully saturated rings. The Hall–Kier alpha value is -3.17. The molecule has 4 rings (SSSR count). The molecule has 10 heteroatoms. The van der Waals surface area contributed by atoms with Crippen LogP contribution in [0.25, 0.3) is 0 Å². The van der Waals surface area contributed by atoms with Gasteiger partial charge in [-0.2, -0.15) is 0 Å². The molecule has 1 aliphatic carbocycles. The molecule has 2 saturated heterocycles. The van der Waals surface area contributed by atoms with Crippen LogP contribution in [0.15, 0.2) is 24.3 Å². The number of carbonyl (C=O) groups excluding carboxylic acids is 3. The van der Waals surface area contributed by atoms with Crippen molar-refractivity contribution in [3.8, 4) is 0 Å². The molecule has 0 radical (unpaired) electrons. The SMILES string of the molecule is O=C(CCCN1C(=O)NC2(CCCC2)C1=O)N1CCN(c2ccccc2[N+](=O)[O-])CC1. The van der Waals surface area contributed by atoms with Crippen LogP contribution in [0.1, 0.15) is 38.5 Å². The molecule has 3 aliphatic rings. The molecular weight excluding hydrogens is 402 g/mol. The van der Waals surface area contributed by atoms with E-state index in [0.29, 0.717) is 51.1 Å². The van der Waals surface area contributed by atoms with Crippen LogP contribution >= 0.6 is 0 Å². The summed E-state index contributed by atoms with van der Waals surface area (Å²) >= 11 is 0. The van der Waals surface area contributed by atoms with Gasteiger partial charge in [-0.25, -0.2) is 4.79 Å². The third kappa shape index (κ3) is 4.06. The molecule has 0 bridgehead atoms. The number of amides is 4. The number of nitro benzene ring substituents is 1. The van der Waals surface area contributed by atoms with Crippen molar-refractivity contribution in [1.29, 1.82) is 0 Å². The summed E-state index contributed by atoms with van der Waals surface area (Å²) in [5.41, 5.74) is -0.0767. The van der Waals surface area contributed by atoms with Gasteiger partial charge in [0.15, 0.2) is 0 Å². The molecule has 0 aromatic heterocycles. The third-order valence-corrected chi connectivity index (χ3v) is 6.53. The molecule has 4 amide bonds. The van der Waals surface area contributed by atoms with Gasteiger partial charge in [0.05, 0.1) is 4.92 Å². The number of piperazine rings is 1. The Morgan fingerprint density at radius 2 is 1.77 bits per heavy atom. The van der Waals surface area contributed by atoms with Gasteiger partial charge >= 0.3 is 6.03 Å². The van der Waals surface area contributed by atoms with Crippen LogP contribution in [0, 0.1) is 10.1 Å². The zero-order chi connectivity index (χ0) is 22.0. The van der Waals surface area contributed by atoms with Gasteiger partial charge in [-0.3, -0.25) is 24.6 Å². The highest BCUT2D eigenvalue weighted by Crippen LogP contribution is 2.35. The lowest BCUT2D eigenvalue weighted by Crippen LogP contribution is -2.49. The van der Waals surface area contributed by atoms with Crippen molar-refractivity contribution in [3.05, 3.63) is 34.4 Å². The van der Waals surface area contributed by atoms with Crippen molar-refractivity contribution < 1.29 is 19.3 Å². The first-order chi connectivity index (χ1) is 14.9. The van der Waals surface area contributed by atoms with E-state index in [2.05, 4.69) is 5.32 Å². The Morgan fingerprint density at radius 1 is 1.10 bits per heavy atom. The van der Waals surface area contributed by atoms with Crippen molar-refractivity contribution in [1.82, 2.24) is 15.1 Å². The highest BCUT2D eigenvalue weighted by atomic mass is 16.6.